The van der Waals surface area contributed by atoms with Crippen molar-refractivity contribution < 1.29 is 4.74 Å². The topological polar surface area (TPSA) is 34.1 Å². The zero-order chi connectivity index (χ0) is 13.8. The second-order valence-electron chi connectivity index (χ2n) is 5.23. The van der Waals surface area contributed by atoms with Gasteiger partial charge in [0, 0.05) is 17.6 Å². The minimum absolute atomic E-state index is 0. The Morgan fingerprint density at radius 1 is 1.29 bits per heavy atom. The summed E-state index contributed by atoms with van der Waals surface area (Å²) in [7, 11) is 0. The van der Waals surface area contributed by atoms with Crippen LogP contribution in [-0.2, 0) is 0 Å². The Hall–Kier alpha value is -1.03. The third kappa shape index (κ3) is 4.00. The van der Waals surface area contributed by atoms with Crippen LogP contribution < -0.4 is 10.1 Å². The molecule has 1 aliphatic rings. The van der Waals surface area contributed by atoms with Gasteiger partial charge in [0.1, 0.15) is 11.3 Å². The number of halogens is 2. The molecule has 1 unspecified atom stereocenters. The van der Waals surface area contributed by atoms with E-state index in [0.29, 0.717) is 12.6 Å². The first kappa shape index (κ1) is 16.3. The highest BCUT2D eigenvalue weighted by atomic mass is 35.5. The van der Waals surface area contributed by atoms with E-state index in [1.807, 2.05) is 24.3 Å². The first-order valence-electron chi connectivity index (χ1n) is 7.24. The molecule has 1 saturated heterocycles. The molecule has 0 spiro atoms. The van der Waals surface area contributed by atoms with Crippen LogP contribution in [0.3, 0.4) is 0 Å². The largest absolute Gasteiger partial charge is 0.491 e. The predicted molar refractivity (Wildman–Crippen MR) is 89.8 cm³/mol. The summed E-state index contributed by atoms with van der Waals surface area (Å²) in [6, 6.07) is 8.24. The third-order valence-corrected chi connectivity index (χ3v) is 4.15. The van der Waals surface area contributed by atoms with Crippen LogP contribution in [-0.4, -0.2) is 24.2 Å². The Labute approximate surface area is 136 Å². The van der Waals surface area contributed by atoms with Crippen LogP contribution in [0.2, 0.25) is 5.02 Å². The SMILES string of the molecule is Cl.Clc1ccc(OCCC2CCCCN2)c2ncccc12. The van der Waals surface area contributed by atoms with Crippen molar-refractivity contribution in [3.63, 3.8) is 0 Å². The number of nitrogens with zero attached hydrogens (tertiary/aromatic N) is 1. The molecule has 3 rings (SSSR count). The molecule has 21 heavy (non-hydrogen) atoms. The van der Waals surface area contributed by atoms with Gasteiger partial charge in [-0.1, -0.05) is 18.0 Å². The molecule has 3 nitrogen and oxygen atoms in total. The van der Waals surface area contributed by atoms with E-state index < -0.39 is 0 Å². The van der Waals surface area contributed by atoms with Crippen LogP contribution in [0, 0.1) is 0 Å². The number of fused-ring (bicyclic) bond motifs is 1. The number of rotatable bonds is 4. The number of hydrogen-bond acceptors (Lipinski definition) is 3. The van der Waals surface area contributed by atoms with Crippen LogP contribution in [0.15, 0.2) is 30.5 Å². The average Bonchev–Trinajstić information content (AvgIpc) is 2.51. The number of hydrogen-bond donors (Lipinski definition) is 1. The Bertz CT molecular complexity index is 585. The average molecular weight is 327 g/mol. The van der Waals surface area contributed by atoms with Crippen LogP contribution >= 0.6 is 24.0 Å². The number of ether oxygens (including phenoxy) is 1. The number of pyridine rings is 1. The maximum Gasteiger partial charge on any atom is 0.145 e. The summed E-state index contributed by atoms with van der Waals surface area (Å²) in [4.78, 5) is 4.38. The molecule has 2 aromatic rings. The first-order valence-corrected chi connectivity index (χ1v) is 7.62. The van der Waals surface area contributed by atoms with E-state index >= 15 is 0 Å². The summed E-state index contributed by atoms with van der Waals surface area (Å²) in [5, 5.41) is 5.20. The van der Waals surface area contributed by atoms with E-state index in [2.05, 4.69) is 10.3 Å². The Morgan fingerprint density at radius 3 is 3.00 bits per heavy atom. The Balaban J connectivity index is 0.00000161. The number of nitrogens with one attached hydrogen (secondary N) is 1. The highest BCUT2D eigenvalue weighted by Crippen LogP contribution is 2.29. The summed E-state index contributed by atoms with van der Waals surface area (Å²) < 4.78 is 5.92. The minimum atomic E-state index is 0. The zero-order valence-electron chi connectivity index (χ0n) is 11.8. The second kappa shape index (κ2) is 7.83. The summed E-state index contributed by atoms with van der Waals surface area (Å²) in [6.45, 7) is 1.85. The molecular weight excluding hydrogens is 307 g/mol. The molecule has 1 fully saturated rings. The quantitative estimate of drug-likeness (QED) is 0.913. The molecule has 1 atom stereocenters. The fourth-order valence-corrected chi connectivity index (χ4v) is 2.93. The molecule has 1 aromatic carbocycles. The first-order chi connectivity index (χ1) is 9.84. The molecule has 0 radical (unpaired) electrons. The van der Waals surface area contributed by atoms with Crippen molar-refractivity contribution in [2.24, 2.45) is 0 Å². The lowest BCUT2D eigenvalue weighted by molar-refractivity contribution is 0.270. The zero-order valence-corrected chi connectivity index (χ0v) is 13.4. The summed E-state index contributed by atoms with van der Waals surface area (Å²) in [6.07, 6.45) is 6.68. The van der Waals surface area contributed by atoms with E-state index in [9.17, 15) is 0 Å². The minimum Gasteiger partial charge on any atom is -0.491 e. The van der Waals surface area contributed by atoms with E-state index in [1.165, 1.54) is 19.3 Å². The van der Waals surface area contributed by atoms with E-state index in [1.54, 1.807) is 6.20 Å². The van der Waals surface area contributed by atoms with Gasteiger partial charge in [0.05, 0.1) is 11.6 Å². The van der Waals surface area contributed by atoms with Gasteiger partial charge in [0.25, 0.3) is 0 Å². The molecular formula is C16H20Cl2N2O. The lowest BCUT2D eigenvalue weighted by atomic mass is 10.0. The van der Waals surface area contributed by atoms with Gasteiger partial charge < -0.3 is 10.1 Å². The van der Waals surface area contributed by atoms with Crippen LogP contribution in [0.4, 0.5) is 0 Å². The van der Waals surface area contributed by atoms with Crippen molar-refractivity contribution in [3.8, 4) is 5.75 Å². The molecule has 2 heterocycles. The van der Waals surface area contributed by atoms with Crippen molar-refractivity contribution >= 4 is 34.9 Å². The highest BCUT2D eigenvalue weighted by molar-refractivity contribution is 6.35. The second-order valence-corrected chi connectivity index (χ2v) is 5.64. The van der Waals surface area contributed by atoms with Crippen LogP contribution in [0.1, 0.15) is 25.7 Å². The van der Waals surface area contributed by atoms with Gasteiger partial charge in [0.15, 0.2) is 0 Å². The molecule has 114 valence electrons. The standard InChI is InChI=1S/C16H19ClN2O.ClH/c17-14-6-7-15(16-13(14)5-3-10-19-16)20-11-8-12-4-1-2-9-18-12;/h3,5-7,10,12,18H,1-2,4,8-9,11H2;1H. The smallest absolute Gasteiger partial charge is 0.145 e. The van der Waals surface area contributed by atoms with Gasteiger partial charge in [-0.15, -0.1) is 12.4 Å². The molecule has 0 saturated carbocycles. The van der Waals surface area contributed by atoms with Gasteiger partial charge in [0.2, 0.25) is 0 Å². The van der Waals surface area contributed by atoms with Gasteiger partial charge in [-0.3, -0.25) is 4.98 Å². The van der Waals surface area contributed by atoms with Crippen LogP contribution in [0.5, 0.6) is 5.75 Å². The van der Waals surface area contributed by atoms with Gasteiger partial charge >= 0.3 is 0 Å². The number of piperidine rings is 1. The van der Waals surface area contributed by atoms with Crippen molar-refractivity contribution in [2.45, 2.75) is 31.7 Å². The molecule has 1 aliphatic heterocycles. The maximum atomic E-state index is 6.18. The fourth-order valence-electron chi connectivity index (χ4n) is 2.71. The lowest BCUT2D eigenvalue weighted by Gasteiger charge is -2.23. The molecule has 0 aliphatic carbocycles. The maximum absolute atomic E-state index is 6.18. The van der Waals surface area contributed by atoms with Gasteiger partial charge in [-0.25, -0.2) is 0 Å². The molecule has 1 N–H and O–H groups in total. The Kier molecular flexibility index (Phi) is 6.09. The summed E-state index contributed by atoms with van der Waals surface area (Å²) in [5.41, 5.74) is 0.844. The summed E-state index contributed by atoms with van der Waals surface area (Å²) in [5.74, 6) is 0.820. The van der Waals surface area contributed by atoms with Gasteiger partial charge in [-0.05, 0) is 50.1 Å². The van der Waals surface area contributed by atoms with E-state index in [0.717, 1.165) is 34.6 Å². The molecule has 1 aromatic heterocycles. The van der Waals surface area contributed by atoms with Crippen molar-refractivity contribution in [1.82, 2.24) is 10.3 Å². The van der Waals surface area contributed by atoms with E-state index in [4.69, 9.17) is 16.3 Å². The van der Waals surface area contributed by atoms with Crippen LogP contribution in [0.25, 0.3) is 10.9 Å². The number of aromatic nitrogens is 1. The van der Waals surface area contributed by atoms with E-state index in [-0.39, 0.29) is 12.4 Å². The summed E-state index contributed by atoms with van der Waals surface area (Å²) >= 11 is 6.18. The predicted octanol–water partition coefficient (Wildman–Crippen LogP) is 4.22. The van der Waals surface area contributed by atoms with Gasteiger partial charge in [-0.2, -0.15) is 0 Å². The fraction of sp³-hybridized carbons (Fsp3) is 0.438. The van der Waals surface area contributed by atoms with Crippen molar-refractivity contribution in [2.75, 3.05) is 13.2 Å². The Morgan fingerprint density at radius 2 is 2.19 bits per heavy atom. The normalized spacial score (nSPS) is 18.2. The molecule has 0 bridgehead atoms. The monoisotopic (exact) mass is 326 g/mol. The third-order valence-electron chi connectivity index (χ3n) is 3.82. The van der Waals surface area contributed by atoms with Crippen molar-refractivity contribution in [1.29, 1.82) is 0 Å². The highest BCUT2D eigenvalue weighted by Gasteiger charge is 2.13. The molecule has 0 amide bonds. The lowest BCUT2D eigenvalue weighted by Crippen LogP contribution is -2.35. The van der Waals surface area contributed by atoms with Crippen molar-refractivity contribution in [3.05, 3.63) is 35.5 Å². The molecule has 5 heteroatoms. The number of benzene rings is 1.